The maximum absolute atomic E-state index is 14.9. The van der Waals surface area contributed by atoms with Crippen molar-refractivity contribution in [3.05, 3.63) is 47.7 Å². The summed E-state index contributed by atoms with van der Waals surface area (Å²) in [5.74, 6) is 0.363. The van der Waals surface area contributed by atoms with Crippen LogP contribution in [0.4, 0.5) is 9.18 Å². The van der Waals surface area contributed by atoms with Gasteiger partial charge in [0.15, 0.2) is 17.3 Å². The van der Waals surface area contributed by atoms with E-state index in [1.165, 1.54) is 18.2 Å². The Morgan fingerprint density at radius 2 is 1.88 bits per heavy atom. The van der Waals surface area contributed by atoms with Crippen LogP contribution in [0.1, 0.15) is 44.9 Å². The summed E-state index contributed by atoms with van der Waals surface area (Å²) in [6, 6.07) is 4.41. The first-order valence-corrected chi connectivity index (χ1v) is 13.5. The molecule has 0 saturated carbocycles. The summed E-state index contributed by atoms with van der Waals surface area (Å²) < 4.78 is 37.6. The first-order valence-electron chi connectivity index (χ1n) is 13.5. The molecule has 0 radical (unpaired) electrons. The van der Waals surface area contributed by atoms with Crippen molar-refractivity contribution in [2.24, 2.45) is 5.41 Å². The molecule has 0 aliphatic carbocycles. The Morgan fingerprint density at radius 1 is 1.12 bits per heavy atom. The molecule has 41 heavy (non-hydrogen) atoms. The van der Waals surface area contributed by atoms with Crippen LogP contribution >= 0.6 is 0 Å². The SMILES string of the molecule is COc1ccc2ncc(F)c(CC(=O)[C@@H]3CC[C@@H](N(Cc4cc5c(cn4)OCCO5)C(=O)O)C(C(C)(C)C)O3)c2n1. The number of halogens is 1. The number of ether oxygens (including phenoxy) is 4. The number of carbonyl (C=O) groups is 2. The van der Waals surface area contributed by atoms with Crippen molar-refractivity contribution in [1.29, 1.82) is 0 Å². The first kappa shape index (κ1) is 28.5. The lowest BCUT2D eigenvalue weighted by Gasteiger charge is -2.46. The van der Waals surface area contributed by atoms with E-state index in [1.807, 2.05) is 20.8 Å². The van der Waals surface area contributed by atoms with Crippen molar-refractivity contribution >= 4 is 22.9 Å². The fraction of sp³-hybridized carbons (Fsp3) is 0.483. The van der Waals surface area contributed by atoms with Crippen molar-refractivity contribution in [3.8, 4) is 17.4 Å². The molecule has 1 fully saturated rings. The van der Waals surface area contributed by atoms with E-state index in [0.29, 0.717) is 42.3 Å². The van der Waals surface area contributed by atoms with Crippen molar-refractivity contribution in [2.75, 3.05) is 20.3 Å². The van der Waals surface area contributed by atoms with E-state index in [2.05, 4.69) is 15.0 Å². The van der Waals surface area contributed by atoms with Gasteiger partial charge in [-0.25, -0.2) is 14.2 Å². The normalized spacial score (nSPS) is 20.5. The average molecular weight is 569 g/mol. The smallest absolute Gasteiger partial charge is 0.407 e. The Hall–Kier alpha value is -4.06. The Morgan fingerprint density at radius 3 is 2.59 bits per heavy atom. The lowest BCUT2D eigenvalue weighted by atomic mass is 9.79. The van der Waals surface area contributed by atoms with Crippen LogP contribution in [0.25, 0.3) is 11.0 Å². The zero-order valence-electron chi connectivity index (χ0n) is 23.4. The fourth-order valence-electron chi connectivity index (χ4n) is 5.37. The van der Waals surface area contributed by atoms with Gasteiger partial charge in [0.25, 0.3) is 0 Å². The Labute approximate surface area is 236 Å². The molecule has 1 saturated heterocycles. The third-order valence-electron chi connectivity index (χ3n) is 7.36. The summed E-state index contributed by atoms with van der Waals surface area (Å²) >= 11 is 0. The van der Waals surface area contributed by atoms with Gasteiger partial charge in [-0.3, -0.25) is 19.7 Å². The number of rotatable bonds is 7. The van der Waals surface area contributed by atoms with E-state index >= 15 is 0 Å². The summed E-state index contributed by atoms with van der Waals surface area (Å²) in [5.41, 5.74) is 0.806. The van der Waals surface area contributed by atoms with Crippen LogP contribution in [0.15, 0.2) is 30.6 Å². The first-order chi connectivity index (χ1) is 19.5. The fourth-order valence-corrected chi connectivity index (χ4v) is 5.37. The van der Waals surface area contributed by atoms with Crippen molar-refractivity contribution in [2.45, 2.75) is 64.8 Å². The molecule has 0 bridgehead atoms. The lowest BCUT2D eigenvalue weighted by molar-refractivity contribution is -0.159. The zero-order valence-corrected chi connectivity index (χ0v) is 23.4. The molecular weight excluding hydrogens is 535 g/mol. The zero-order chi connectivity index (χ0) is 29.3. The van der Waals surface area contributed by atoms with E-state index < -0.39 is 35.6 Å². The molecule has 1 unspecified atom stereocenters. The predicted molar refractivity (Wildman–Crippen MR) is 145 cm³/mol. The van der Waals surface area contributed by atoms with E-state index in [9.17, 15) is 19.1 Å². The number of amides is 1. The molecule has 218 valence electrons. The maximum atomic E-state index is 14.9. The monoisotopic (exact) mass is 568 g/mol. The van der Waals surface area contributed by atoms with Crippen molar-refractivity contribution in [3.63, 3.8) is 0 Å². The van der Waals surface area contributed by atoms with Gasteiger partial charge in [0.2, 0.25) is 5.88 Å². The van der Waals surface area contributed by atoms with Gasteiger partial charge in [-0.05, 0) is 24.3 Å². The maximum Gasteiger partial charge on any atom is 0.407 e. The number of ketones is 1. The molecule has 12 heteroatoms. The van der Waals surface area contributed by atoms with Gasteiger partial charge >= 0.3 is 6.09 Å². The van der Waals surface area contributed by atoms with Crippen LogP contribution in [0, 0.1) is 11.2 Å². The number of hydrogen-bond acceptors (Lipinski definition) is 9. The van der Waals surface area contributed by atoms with Crippen molar-refractivity contribution < 1.29 is 38.0 Å². The second-order valence-corrected chi connectivity index (χ2v) is 11.2. The minimum absolute atomic E-state index is 0.00686. The summed E-state index contributed by atoms with van der Waals surface area (Å²) in [4.78, 5) is 40.0. The third-order valence-corrected chi connectivity index (χ3v) is 7.36. The average Bonchev–Trinajstić information content (AvgIpc) is 2.96. The third kappa shape index (κ3) is 6.02. The number of methoxy groups -OCH3 is 1. The molecule has 0 aromatic carbocycles. The van der Waals surface area contributed by atoms with E-state index in [4.69, 9.17) is 18.9 Å². The van der Waals surface area contributed by atoms with Crippen LogP contribution in [-0.4, -0.2) is 75.4 Å². The Kier molecular flexibility index (Phi) is 7.94. The van der Waals surface area contributed by atoms with Crippen LogP contribution in [0.3, 0.4) is 0 Å². The highest BCUT2D eigenvalue weighted by Gasteiger charge is 2.45. The molecule has 0 spiro atoms. The second kappa shape index (κ2) is 11.4. The van der Waals surface area contributed by atoms with E-state index in [1.54, 1.807) is 18.2 Å². The summed E-state index contributed by atoms with van der Waals surface area (Å²) in [7, 11) is 1.45. The molecule has 11 nitrogen and oxygen atoms in total. The molecule has 5 rings (SSSR count). The molecule has 5 heterocycles. The molecule has 1 amide bonds. The number of carboxylic acid groups (broad SMARTS) is 1. The molecule has 3 aromatic rings. The molecule has 1 N–H and O–H groups in total. The molecule has 2 aliphatic rings. The van der Waals surface area contributed by atoms with Gasteiger partial charge in [-0.1, -0.05) is 20.8 Å². The van der Waals surface area contributed by atoms with E-state index in [0.717, 1.165) is 6.20 Å². The van der Waals surface area contributed by atoms with Gasteiger partial charge in [0, 0.05) is 24.1 Å². The van der Waals surface area contributed by atoms with Gasteiger partial charge in [-0.15, -0.1) is 0 Å². The minimum atomic E-state index is -1.13. The highest BCUT2D eigenvalue weighted by Crippen LogP contribution is 2.37. The van der Waals surface area contributed by atoms with Crippen molar-refractivity contribution in [1.82, 2.24) is 19.9 Å². The second-order valence-electron chi connectivity index (χ2n) is 11.2. The number of hydrogen-bond donors (Lipinski definition) is 1. The van der Waals surface area contributed by atoms with Crippen LogP contribution in [-0.2, 0) is 22.5 Å². The van der Waals surface area contributed by atoms with Gasteiger partial charge < -0.3 is 24.1 Å². The molecular formula is C29H33FN4O7. The van der Waals surface area contributed by atoms with Crippen LogP contribution in [0.5, 0.6) is 17.4 Å². The summed E-state index contributed by atoms with van der Waals surface area (Å²) in [6.45, 7) is 6.65. The summed E-state index contributed by atoms with van der Waals surface area (Å²) in [6.07, 6.45) is 0.425. The number of fused-ring (bicyclic) bond motifs is 2. The minimum Gasteiger partial charge on any atom is -0.486 e. The highest BCUT2D eigenvalue weighted by molar-refractivity contribution is 5.90. The van der Waals surface area contributed by atoms with E-state index in [-0.39, 0.29) is 42.1 Å². The number of nitrogens with zero attached hydrogens (tertiary/aromatic N) is 4. The highest BCUT2D eigenvalue weighted by atomic mass is 19.1. The molecule has 3 atom stereocenters. The van der Waals surface area contributed by atoms with Crippen LogP contribution < -0.4 is 14.2 Å². The molecule has 2 aliphatic heterocycles. The molecule has 3 aromatic heterocycles. The van der Waals surface area contributed by atoms with Gasteiger partial charge in [-0.2, -0.15) is 0 Å². The number of carbonyl (C=O) groups excluding carboxylic acids is 1. The van der Waals surface area contributed by atoms with Crippen LogP contribution in [0.2, 0.25) is 0 Å². The standard InChI is InChI=1S/C29H33FN4O7/c1-29(2,3)27-20(34(28(36)37)15-16-11-23-24(14-31-16)40-10-9-39-23)6-7-22(41-27)21(35)12-17-18(30)13-32-19-5-8-25(38-4)33-26(17)19/h5,8,11,13-14,20,22,27H,6-7,9-10,12,15H2,1-4H3,(H,36,37)/t20-,22+,27?/m1/s1. The Balaban J connectivity index is 1.36. The number of pyridine rings is 3. The van der Waals surface area contributed by atoms with Gasteiger partial charge in [0.05, 0.1) is 54.9 Å². The predicted octanol–water partition coefficient (Wildman–Crippen LogP) is 4.20. The topological polar surface area (TPSA) is 133 Å². The number of aromatic nitrogens is 3. The summed E-state index contributed by atoms with van der Waals surface area (Å²) in [5, 5.41) is 10.2. The van der Waals surface area contributed by atoms with Gasteiger partial charge in [0.1, 0.15) is 25.1 Å². The number of Topliss-reactive ketones (excluding diaryl/α,β-unsaturated/α-hetero) is 1. The lowest BCUT2D eigenvalue weighted by Crippen LogP contribution is -2.56. The largest absolute Gasteiger partial charge is 0.486 e. The Bertz CT molecular complexity index is 1460. The quantitative estimate of drug-likeness (QED) is 0.442.